The SMILES string of the molecule is CCC(C)(C)N1CCC2(CC1)C(=O)N(C1CC(N3CCCCC3)C1)c1cc(-c3cc4ncn(C(C)C)c4c(Nc4cc(C(=O)NC(C)C)c(C)cc4F)n3)ccc12. The maximum atomic E-state index is 15.7. The van der Waals surface area contributed by atoms with Crippen LogP contribution in [0.3, 0.4) is 0 Å². The number of imidazole rings is 1. The summed E-state index contributed by atoms with van der Waals surface area (Å²) in [7, 11) is 0. The Morgan fingerprint density at radius 3 is 2.37 bits per heavy atom. The van der Waals surface area contributed by atoms with Crippen molar-refractivity contribution in [3.8, 4) is 11.3 Å². The molecule has 5 heterocycles. The number of aromatic nitrogens is 3. The third-order valence-electron chi connectivity index (χ3n) is 13.7. The molecule has 4 aromatic rings. The fourth-order valence-corrected chi connectivity index (χ4v) is 9.83. The normalized spacial score (nSPS) is 21.5. The van der Waals surface area contributed by atoms with Crippen LogP contribution >= 0.6 is 0 Å². The van der Waals surface area contributed by atoms with E-state index in [0.717, 1.165) is 86.1 Å². The number of piperidine rings is 2. The monoisotopic (exact) mass is 776 g/mol. The number of carbonyl (C=O) groups excluding carboxylic acids is 2. The first-order chi connectivity index (χ1) is 27.2. The van der Waals surface area contributed by atoms with Crippen LogP contribution < -0.4 is 15.5 Å². The molecule has 3 aliphatic heterocycles. The topological polar surface area (TPSA) is 98.6 Å². The third-order valence-corrected chi connectivity index (χ3v) is 13.7. The van der Waals surface area contributed by atoms with Crippen LogP contribution in [-0.4, -0.2) is 86.0 Å². The zero-order chi connectivity index (χ0) is 40.4. The Hall–Kier alpha value is -4.35. The van der Waals surface area contributed by atoms with Gasteiger partial charge in [-0.1, -0.05) is 25.5 Å². The van der Waals surface area contributed by atoms with Crippen LogP contribution in [0.25, 0.3) is 22.3 Å². The van der Waals surface area contributed by atoms with Gasteiger partial charge in [0.1, 0.15) is 11.3 Å². The Kier molecular flexibility index (Phi) is 10.5. The van der Waals surface area contributed by atoms with E-state index in [2.05, 4.69) is 78.2 Å². The lowest BCUT2D eigenvalue weighted by Gasteiger charge is -2.49. The molecule has 8 rings (SSSR count). The predicted octanol–water partition coefficient (Wildman–Crippen LogP) is 8.89. The van der Waals surface area contributed by atoms with E-state index in [1.54, 1.807) is 19.3 Å². The number of halogens is 1. The lowest BCUT2D eigenvalue weighted by Crippen LogP contribution is -2.59. The summed E-state index contributed by atoms with van der Waals surface area (Å²) in [6.07, 6.45) is 10.3. The first kappa shape index (κ1) is 39.5. The molecule has 304 valence electrons. The van der Waals surface area contributed by atoms with E-state index in [-0.39, 0.29) is 41.2 Å². The number of carbonyl (C=O) groups is 2. The second kappa shape index (κ2) is 15.1. The number of anilines is 3. The Bertz CT molecular complexity index is 2170. The van der Waals surface area contributed by atoms with Crippen molar-refractivity contribution in [3.05, 3.63) is 65.2 Å². The summed E-state index contributed by atoms with van der Waals surface area (Å²) in [4.78, 5) is 45.5. The Morgan fingerprint density at radius 2 is 1.70 bits per heavy atom. The highest BCUT2D eigenvalue weighted by Gasteiger charge is 2.56. The molecule has 0 bridgehead atoms. The van der Waals surface area contributed by atoms with Crippen molar-refractivity contribution >= 4 is 40.0 Å². The molecule has 4 aliphatic rings. The summed E-state index contributed by atoms with van der Waals surface area (Å²) in [5.41, 5.74) is 5.86. The highest BCUT2D eigenvalue weighted by Crippen LogP contribution is 2.53. The summed E-state index contributed by atoms with van der Waals surface area (Å²) in [5, 5.41) is 6.22. The molecule has 1 saturated carbocycles. The van der Waals surface area contributed by atoms with Crippen LogP contribution in [-0.2, 0) is 10.2 Å². The van der Waals surface area contributed by atoms with Crippen molar-refractivity contribution in [2.45, 2.75) is 142 Å². The summed E-state index contributed by atoms with van der Waals surface area (Å²) in [6, 6.07) is 12.1. The zero-order valence-electron chi connectivity index (χ0n) is 35.2. The predicted molar refractivity (Wildman–Crippen MR) is 227 cm³/mol. The molecule has 11 heteroatoms. The molecule has 2 saturated heterocycles. The maximum absolute atomic E-state index is 15.7. The Morgan fingerprint density at radius 1 is 0.982 bits per heavy atom. The molecule has 0 atom stereocenters. The maximum Gasteiger partial charge on any atom is 0.251 e. The average molecular weight is 777 g/mol. The van der Waals surface area contributed by atoms with Gasteiger partial charge in [-0.25, -0.2) is 14.4 Å². The molecule has 3 fully saturated rings. The minimum Gasteiger partial charge on any atom is -0.350 e. The van der Waals surface area contributed by atoms with Crippen molar-refractivity contribution in [1.29, 1.82) is 0 Å². The summed E-state index contributed by atoms with van der Waals surface area (Å²) >= 11 is 0. The Balaban J connectivity index is 1.19. The van der Waals surface area contributed by atoms with E-state index in [0.29, 0.717) is 28.7 Å². The average Bonchev–Trinajstić information content (AvgIpc) is 3.70. The second-order valence-corrected chi connectivity index (χ2v) is 18.4. The molecular weight excluding hydrogens is 716 g/mol. The number of hydrogen-bond donors (Lipinski definition) is 2. The number of fused-ring (bicyclic) bond motifs is 3. The smallest absolute Gasteiger partial charge is 0.251 e. The van der Waals surface area contributed by atoms with Crippen molar-refractivity contribution in [1.82, 2.24) is 29.7 Å². The van der Waals surface area contributed by atoms with Crippen LogP contribution in [0.5, 0.6) is 0 Å². The first-order valence-electron chi connectivity index (χ1n) is 21.4. The van der Waals surface area contributed by atoms with Gasteiger partial charge < -0.3 is 25.0 Å². The van der Waals surface area contributed by atoms with Gasteiger partial charge in [0.2, 0.25) is 5.91 Å². The van der Waals surface area contributed by atoms with Crippen LogP contribution in [0.4, 0.5) is 21.6 Å². The van der Waals surface area contributed by atoms with E-state index in [9.17, 15) is 4.79 Å². The van der Waals surface area contributed by atoms with Gasteiger partial charge in [0.05, 0.1) is 28.6 Å². The van der Waals surface area contributed by atoms with Gasteiger partial charge in [-0.15, -0.1) is 0 Å². The standard InChI is InChI=1S/C46H61FN8O2/c1-9-45(7,8)53-19-15-46(16-20-53)35-14-13-31(22-40(35)55(44(46)57)33-23-32(24-33)52-17-11-10-12-18-52)37-26-39-41(54(27-48-39)29(4)5)42(50-37)51-38-25-34(30(6)21-36(38)47)43(56)49-28(2)3/h13-14,21-22,25-29,32-33H,9-12,15-20,23-24H2,1-8H3,(H,49,56)(H,50,51). The second-order valence-electron chi connectivity index (χ2n) is 18.4. The summed E-state index contributed by atoms with van der Waals surface area (Å²) in [6.45, 7) is 20.7. The lowest BCUT2D eigenvalue weighted by atomic mass is 9.72. The third kappa shape index (κ3) is 7.02. The van der Waals surface area contributed by atoms with Crippen molar-refractivity contribution in [3.63, 3.8) is 0 Å². The van der Waals surface area contributed by atoms with Crippen molar-refractivity contribution in [2.24, 2.45) is 0 Å². The molecule has 57 heavy (non-hydrogen) atoms. The van der Waals surface area contributed by atoms with E-state index < -0.39 is 11.2 Å². The molecule has 2 N–H and O–H groups in total. The van der Waals surface area contributed by atoms with Gasteiger partial charge in [0, 0.05) is 59.6 Å². The number of hydrogen-bond acceptors (Lipinski definition) is 7. The van der Waals surface area contributed by atoms with Crippen LogP contribution in [0, 0.1) is 12.7 Å². The van der Waals surface area contributed by atoms with Crippen LogP contribution in [0.2, 0.25) is 0 Å². The molecule has 1 spiro atoms. The van der Waals surface area contributed by atoms with Gasteiger partial charge in [-0.05, 0) is 142 Å². The first-order valence-corrected chi connectivity index (χ1v) is 21.4. The Labute approximate surface area is 337 Å². The fraction of sp³-hybridized carbons (Fsp3) is 0.565. The molecule has 10 nitrogen and oxygen atoms in total. The number of amides is 2. The highest BCUT2D eigenvalue weighted by molar-refractivity contribution is 6.09. The number of rotatable bonds is 10. The minimum atomic E-state index is -0.535. The van der Waals surface area contributed by atoms with Crippen LogP contribution in [0.1, 0.15) is 127 Å². The number of aryl methyl sites for hydroxylation is 1. The lowest BCUT2D eigenvalue weighted by molar-refractivity contribution is -0.126. The zero-order valence-corrected chi connectivity index (χ0v) is 35.2. The van der Waals surface area contributed by atoms with E-state index in [1.807, 2.05) is 24.5 Å². The van der Waals surface area contributed by atoms with Gasteiger partial charge in [0.25, 0.3) is 5.91 Å². The van der Waals surface area contributed by atoms with Crippen molar-refractivity contribution in [2.75, 3.05) is 36.4 Å². The molecule has 2 aromatic carbocycles. The molecular formula is C46H61FN8O2. The number of nitrogens with one attached hydrogen (secondary N) is 2. The summed E-state index contributed by atoms with van der Waals surface area (Å²) in [5.74, 6) is -0.0171. The van der Waals surface area contributed by atoms with E-state index in [4.69, 9.17) is 9.97 Å². The molecule has 2 aromatic heterocycles. The largest absolute Gasteiger partial charge is 0.350 e. The molecule has 0 radical (unpaired) electrons. The van der Waals surface area contributed by atoms with Crippen LogP contribution in [0.15, 0.2) is 42.7 Å². The quantitative estimate of drug-likeness (QED) is 0.166. The fourth-order valence-electron chi connectivity index (χ4n) is 9.83. The van der Waals surface area contributed by atoms with Gasteiger partial charge in [0.15, 0.2) is 5.82 Å². The number of likely N-dealkylation sites (tertiary alicyclic amines) is 2. The highest BCUT2D eigenvalue weighted by atomic mass is 19.1. The van der Waals surface area contributed by atoms with Crippen molar-refractivity contribution < 1.29 is 14.0 Å². The number of benzene rings is 2. The number of pyridine rings is 1. The molecule has 1 aliphatic carbocycles. The molecule has 0 unspecified atom stereocenters. The number of nitrogens with zero attached hydrogens (tertiary/aromatic N) is 6. The minimum absolute atomic E-state index is 0.0634. The summed E-state index contributed by atoms with van der Waals surface area (Å²) < 4.78 is 17.8. The van der Waals surface area contributed by atoms with Gasteiger partial charge in [-0.3, -0.25) is 14.5 Å². The van der Waals surface area contributed by atoms with E-state index >= 15 is 9.18 Å². The van der Waals surface area contributed by atoms with Gasteiger partial charge in [-0.2, -0.15) is 0 Å². The van der Waals surface area contributed by atoms with E-state index in [1.165, 1.54) is 25.3 Å². The molecule has 2 amide bonds. The van der Waals surface area contributed by atoms with Gasteiger partial charge >= 0.3 is 0 Å².